The van der Waals surface area contributed by atoms with Crippen LogP contribution in [0.1, 0.15) is 55.8 Å². The number of thioether (sulfide) groups is 1. The molecule has 1 fully saturated rings. The number of imide groups is 1. The maximum atomic E-state index is 12.0. The summed E-state index contributed by atoms with van der Waals surface area (Å²) in [6, 6.07) is 3.66. The van der Waals surface area contributed by atoms with E-state index in [0.717, 1.165) is 30.2 Å². The van der Waals surface area contributed by atoms with Crippen LogP contribution in [0.2, 0.25) is 0 Å². The van der Waals surface area contributed by atoms with Crippen molar-refractivity contribution in [1.29, 1.82) is 0 Å². The first kappa shape index (κ1) is 18.9. The van der Waals surface area contributed by atoms with Crippen molar-refractivity contribution in [3.63, 3.8) is 0 Å². The highest BCUT2D eigenvalue weighted by molar-refractivity contribution is 8.00. The molecule has 0 saturated heterocycles. The van der Waals surface area contributed by atoms with Crippen LogP contribution in [-0.4, -0.2) is 32.0 Å². The van der Waals surface area contributed by atoms with Crippen molar-refractivity contribution in [2.24, 2.45) is 5.73 Å². The normalized spacial score (nSPS) is 16.3. The fourth-order valence-electron chi connectivity index (χ4n) is 3.22. The maximum Gasteiger partial charge on any atom is 0.318 e. The van der Waals surface area contributed by atoms with Gasteiger partial charge in [-0.3, -0.25) is 10.1 Å². The van der Waals surface area contributed by atoms with Crippen LogP contribution in [0, 0.1) is 0 Å². The number of rotatable bonds is 6. The van der Waals surface area contributed by atoms with Gasteiger partial charge in [0.15, 0.2) is 5.16 Å². The van der Waals surface area contributed by atoms with E-state index in [1.807, 2.05) is 6.07 Å². The van der Waals surface area contributed by atoms with E-state index in [1.165, 1.54) is 35.9 Å². The van der Waals surface area contributed by atoms with Gasteiger partial charge in [-0.2, -0.15) is 0 Å². The van der Waals surface area contributed by atoms with Crippen LogP contribution in [0.25, 0.3) is 0 Å². The van der Waals surface area contributed by atoms with Crippen molar-refractivity contribution in [1.82, 2.24) is 20.1 Å². The Morgan fingerprint density at radius 1 is 1.38 bits per heavy atom. The quantitative estimate of drug-likeness (QED) is 0.734. The zero-order chi connectivity index (χ0) is 18.5. The summed E-state index contributed by atoms with van der Waals surface area (Å²) in [7, 11) is 0. The average Bonchev–Trinajstić information content (AvgIpc) is 3.25. The molecule has 1 saturated carbocycles. The number of carbonyl (C=O) groups is 2. The zero-order valence-electron chi connectivity index (χ0n) is 14.7. The lowest BCUT2D eigenvalue weighted by atomic mass is 9.95. The van der Waals surface area contributed by atoms with Crippen molar-refractivity contribution in [2.75, 3.05) is 0 Å². The molecule has 0 radical (unpaired) electrons. The Bertz CT molecular complexity index is 753. The van der Waals surface area contributed by atoms with E-state index in [4.69, 9.17) is 5.73 Å². The fraction of sp³-hybridized carbons (Fsp3) is 0.529. The van der Waals surface area contributed by atoms with Crippen molar-refractivity contribution in [3.8, 4) is 0 Å². The molecular weight excluding hydrogens is 370 g/mol. The van der Waals surface area contributed by atoms with Crippen molar-refractivity contribution in [3.05, 3.63) is 28.2 Å². The highest BCUT2D eigenvalue weighted by atomic mass is 32.2. The van der Waals surface area contributed by atoms with Gasteiger partial charge in [0.05, 0.1) is 5.25 Å². The van der Waals surface area contributed by atoms with Gasteiger partial charge in [0.1, 0.15) is 5.82 Å². The lowest BCUT2D eigenvalue weighted by molar-refractivity contribution is -0.119. The summed E-state index contributed by atoms with van der Waals surface area (Å²) in [6.07, 6.45) is 6.60. The van der Waals surface area contributed by atoms with Gasteiger partial charge in [0.2, 0.25) is 5.91 Å². The van der Waals surface area contributed by atoms with Crippen molar-refractivity contribution < 1.29 is 9.59 Å². The molecule has 0 spiro atoms. The second-order valence-electron chi connectivity index (χ2n) is 6.43. The van der Waals surface area contributed by atoms with E-state index in [1.54, 1.807) is 18.3 Å². The third kappa shape index (κ3) is 4.64. The van der Waals surface area contributed by atoms with Gasteiger partial charge in [0, 0.05) is 17.3 Å². The number of primary amides is 1. The molecule has 3 amide bonds. The van der Waals surface area contributed by atoms with Gasteiger partial charge in [-0.15, -0.1) is 21.5 Å². The first-order chi connectivity index (χ1) is 12.5. The molecule has 0 aliphatic heterocycles. The molecule has 9 heteroatoms. The second-order valence-corrected chi connectivity index (χ2v) is 8.77. The predicted octanol–water partition coefficient (Wildman–Crippen LogP) is 3.11. The number of amides is 3. The summed E-state index contributed by atoms with van der Waals surface area (Å²) < 4.78 is 2.21. The molecule has 3 rings (SSSR count). The van der Waals surface area contributed by atoms with Crippen molar-refractivity contribution in [2.45, 2.75) is 61.9 Å². The second kappa shape index (κ2) is 8.68. The molecule has 1 aliphatic carbocycles. The van der Waals surface area contributed by atoms with E-state index in [9.17, 15) is 9.59 Å². The summed E-state index contributed by atoms with van der Waals surface area (Å²) in [5.41, 5.74) is 5.04. The number of nitrogens with zero attached hydrogens (tertiary/aromatic N) is 3. The molecule has 2 heterocycles. The SMILES string of the molecule is C[C@@H](Sc1nnc(Cc2cccs2)n1C1CCCCC1)C(=O)NC(N)=O. The molecule has 0 aromatic carbocycles. The maximum absolute atomic E-state index is 12.0. The number of urea groups is 1. The minimum atomic E-state index is -0.838. The smallest absolute Gasteiger partial charge is 0.318 e. The monoisotopic (exact) mass is 393 g/mol. The molecule has 2 aromatic rings. The van der Waals surface area contributed by atoms with Crippen LogP contribution in [0.15, 0.2) is 22.7 Å². The highest BCUT2D eigenvalue weighted by Gasteiger charge is 2.26. The zero-order valence-corrected chi connectivity index (χ0v) is 16.3. The third-order valence-electron chi connectivity index (χ3n) is 4.49. The van der Waals surface area contributed by atoms with Gasteiger partial charge in [-0.1, -0.05) is 37.1 Å². The van der Waals surface area contributed by atoms with Gasteiger partial charge in [-0.05, 0) is 31.2 Å². The molecule has 3 N–H and O–H groups in total. The Labute approximate surface area is 160 Å². The van der Waals surface area contributed by atoms with Gasteiger partial charge < -0.3 is 10.3 Å². The molecule has 140 valence electrons. The van der Waals surface area contributed by atoms with Crippen LogP contribution in [0.4, 0.5) is 4.79 Å². The minimum Gasteiger partial charge on any atom is -0.351 e. The molecule has 1 aliphatic rings. The van der Waals surface area contributed by atoms with Crippen LogP contribution in [-0.2, 0) is 11.2 Å². The fourth-order valence-corrected chi connectivity index (χ4v) is 4.86. The molecule has 1 atom stereocenters. The Morgan fingerprint density at radius 3 is 2.81 bits per heavy atom. The molecule has 2 aromatic heterocycles. The molecule has 26 heavy (non-hydrogen) atoms. The Morgan fingerprint density at radius 2 is 2.15 bits per heavy atom. The van der Waals surface area contributed by atoms with Crippen LogP contribution < -0.4 is 11.1 Å². The standard InChI is InChI=1S/C17H23N5O2S2/c1-11(15(23)19-16(18)24)26-17-21-20-14(10-13-8-5-9-25-13)22(17)12-6-3-2-4-7-12/h5,8-9,11-12H,2-4,6-7,10H2,1H3,(H3,18,19,23,24)/t11-/m1/s1. The Kier molecular flexibility index (Phi) is 6.31. The van der Waals surface area contributed by atoms with Crippen LogP contribution >= 0.6 is 23.1 Å². The van der Waals surface area contributed by atoms with Crippen molar-refractivity contribution >= 4 is 35.0 Å². The number of nitrogens with two attached hydrogens (primary N) is 1. The van der Waals surface area contributed by atoms with E-state index in [2.05, 4.69) is 31.5 Å². The number of hydrogen-bond donors (Lipinski definition) is 2. The third-order valence-corrected chi connectivity index (χ3v) is 6.42. The van der Waals surface area contributed by atoms with Gasteiger partial charge in [-0.25, -0.2) is 4.79 Å². The largest absolute Gasteiger partial charge is 0.351 e. The summed E-state index contributed by atoms with van der Waals surface area (Å²) >= 11 is 3.02. The summed E-state index contributed by atoms with van der Waals surface area (Å²) in [5.74, 6) is 0.518. The lowest BCUT2D eigenvalue weighted by Crippen LogP contribution is -2.39. The Balaban J connectivity index is 1.82. The number of thiophene rings is 1. The van der Waals surface area contributed by atoms with E-state index >= 15 is 0 Å². The Hall–Kier alpha value is -1.87. The molecule has 7 nitrogen and oxygen atoms in total. The first-order valence-corrected chi connectivity index (χ1v) is 10.5. The van der Waals surface area contributed by atoms with Gasteiger partial charge in [0.25, 0.3) is 0 Å². The molecule has 0 bridgehead atoms. The molecule has 0 unspecified atom stereocenters. The minimum absolute atomic E-state index is 0.364. The predicted molar refractivity (Wildman–Crippen MR) is 102 cm³/mol. The van der Waals surface area contributed by atoms with Gasteiger partial charge >= 0.3 is 6.03 Å². The number of hydrogen-bond acceptors (Lipinski definition) is 6. The number of aromatic nitrogens is 3. The van der Waals surface area contributed by atoms with E-state index in [0.29, 0.717) is 6.04 Å². The van der Waals surface area contributed by atoms with E-state index in [-0.39, 0.29) is 0 Å². The van der Waals surface area contributed by atoms with E-state index < -0.39 is 17.2 Å². The lowest BCUT2D eigenvalue weighted by Gasteiger charge is -2.26. The summed E-state index contributed by atoms with van der Waals surface area (Å²) in [5, 5.41) is 13.2. The summed E-state index contributed by atoms with van der Waals surface area (Å²) in [6.45, 7) is 1.74. The highest BCUT2D eigenvalue weighted by Crippen LogP contribution is 2.34. The first-order valence-electron chi connectivity index (χ1n) is 8.77. The van der Waals surface area contributed by atoms with Crippen LogP contribution in [0.5, 0.6) is 0 Å². The van der Waals surface area contributed by atoms with Crippen LogP contribution in [0.3, 0.4) is 0 Å². The summed E-state index contributed by atoms with van der Waals surface area (Å²) in [4.78, 5) is 24.2. The topological polar surface area (TPSA) is 103 Å². The number of carbonyl (C=O) groups excluding carboxylic acids is 2. The molecular formula is C17H23N5O2S2. The average molecular weight is 394 g/mol. The number of nitrogens with one attached hydrogen (secondary N) is 1.